The lowest BCUT2D eigenvalue weighted by Crippen LogP contribution is -2.44. The molecule has 1 atom stereocenters. The minimum Gasteiger partial charge on any atom is -0.493 e. The Labute approximate surface area is 197 Å². The van der Waals surface area contributed by atoms with Gasteiger partial charge in [0.25, 0.3) is 0 Å². The molecule has 2 aromatic rings. The third-order valence-electron chi connectivity index (χ3n) is 5.84. The Hall–Kier alpha value is -2.69. The average Bonchev–Trinajstić information content (AvgIpc) is 3.61. The van der Waals surface area contributed by atoms with Crippen molar-refractivity contribution in [2.24, 2.45) is 5.92 Å². The van der Waals surface area contributed by atoms with Crippen LogP contribution in [-0.4, -0.2) is 68.8 Å². The number of benzene rings is 1. The van der Waals surface area contributed by atoms with Gasteiger partial charge in [-0.25, -0.2) is 4.98 Å². The first kappa shape index (κ1) is 23.5. The zero-order valence-corrected chi connectivity index (χ0v) is 19.8. The van der Waals surface area contributed by atoms with Crippen molar-refractivity contribution >= 4 is 28.3 Å². The van der Waals surface area contributed by atoms with Gasteiger partial charge in [-0.3, -0.25) is 14.5 Å². The highest BCUT2D eigenvalue weighted by Gasteiger charge is 2.30. The van der Waals surface area contributed by atoms with Crippen LogP contribution in [0.4, 0.5) is 5.13 Å². The molecular formula is C23H30N4O5S. The molecule has 33 heavy (non-hydrogen) atoms. The predicted octanol–water partition coefficient (Wildman–Crippen LogP) is 2.24. The van der Waals surface area contributed by atoms with E-state index in [1.807, 2.05) is 23.6 Å². The number of carbonyl (C=O) groups excluding carboxylic acids is 2. The molecule has 2 aliphatic rings. The van der Waals surface area contributed by atoms with Crippen molar-refractivity contribution in [3.8, 4) is 11.5 Å². The van der Waals surface area contributed by atoms with E-state index in [9.17, 15) is 9.59 Å². The second-order valence-corrected chi connectivity index (χ2v) is 9.03. The molecule has 0 radical (unpaired) electrons. The molecule has 10 heteroatoms. The molecule has 1 saturated heterocycles. The summed E-state index contributed by atoms with van der Waals surface area (Å²) < 4.78 is 16.3. The van der Waals surface area contributed by atoms with E-state index < -0.39 is 0 Å². The van der Waals surface area contributed by atoms with E-state index in [4.69, 9.17) is 14.2 Å². The number of ether oxygens (including phenoxy) is 3. The van der Waals surface area contributed by atoms with Gasteiger partial charge in [-0.15, -0.1) is 11.3 Å². The van der Waals surface area contributed by atoms with E-state index in [-0.39, 0.29) is 30.2 Å². The van der Waals surface area contributed by atoms with Crippen LogP contribution in [0.1, 0.15) is 30.1 Å². The highest BCUT2D eigenvalue weighted by Crippen LogP contribution is 2.32. The van der Waals surface area contributed by atoms with Crippen LogP contribution in [0.3, 0.4) is 0 Å². The second-order valence-electron chi connectivity index (χ2n) is 8.17. The van der Waals surface area contributed by atoms with Crippen molar-refractivity contribution in [1.82, 2.24) is 15.2 Å². The minimum atomic E-state index is -0.112. The maximum absolute atomic E-state index is 12.7. The summed E-state index contributed by atoms with van der Waals surface area (Å²) in [5.74, 6) is 1.35. The lowest BCUT2D eigenvalue weighted by atomic mass is 10.0. The fourth-order valence-corrected chi connectivity index (χ4v) is 4.56. The Morgan fingerprint density at radius 2 is 1.97 bits per heavy atom. The number of rotatable bonds is 10. The van der Waals surface area contributed by atoms with Gasteiger partial charge >= 0.3 is 0 Å². The summed E-state index contributed by atoms with van der Waals surface area (Å²) in [6, 6.07) is 5.82. The molecule has 2 N–H and O–H groups in total. The predicted molar refractivity (Wildman–Crippen MR) is 125 cm³/mol. The monoisotopic (exact) mass is 474 g/mol. The number of carbonyl (C=O) groups is 2. The van der Waals surface area contributed by atoms with Crippen LogP contribution in [0.25, 0.3) is 0 Å². The Balaban J connectivity index is 1.38. The summed E-state index contributed by atoms with van der Waals surface area (Å²) in [6.45, 7) is 3.33. The number of morpholine rings is 1. The van der Waals surface area contributed by atoms with Gasteiger partial charge in [0.15, 0.2) is 16.6 Å². The molecule has 1 aliphatic heterocycles. The quantitative estimate of drug-likeness (QED) is 0.545. The number of nitrogens with one attached hydrogen (secondary N) is 2. The smallest absolute Gasteiger partial charge is 0.229 e. The normalized spacial score (nSPS) is 17.3. The highest BCUT2D eigenvalue weighted by molar-refractivity contribution is 7.13. The van der Waals surface area contributed by atoms with Crippen LogP contribution in [-0.2, 0) is 20.7 Å². The largest absolute Gasteiger partial charge is 0.493 e. The van der Waals surface area contributed by atoms with Crippen LogP contribution in [0, 0.1) is 5.92 Å². The zero-order chi connectivity index (χ0) is 23.2. The van der Waals surface area contributed by atoms with Gasteiger partial charge in [-0.05, 0) is 30.5 Å². The van der Waals surface area contributed by atoms with Gasteiger partial charge in [0, 0.05) is 30.9 Å². The number of hydrogen-bond donors (Lipinski definition) is 2. The van der Waals surface area contributed by atoms with Crippen LogP contribution >= 0.6 is 11.3 Å². The number of methoxy groups -OCH3 is 2. The van der Waals surface area contributed by atoms with Crippen molar-refractivity contribution in [1.29, 1.82) is 0 Å². The van der Waals surface area contributed by atoms with Crippen molar-refractivity contribution in [3.63, 3.8) is 0 Å². The van der Waals surface area contributed by atoms with E-state index in [0.717, 1.165) is 31.5 Å². The summed E-state index contributed by atoms with van der Waals surface area (Å²) in [5.41, 5.74) is 1.69. The number of amides is 2. The molecule has 0 spiro atoms. The van der Waals surface area contributed by atoms with Crippen molar-refractivity contribution in [3.05, 3.63) is 34.8 Å². The van der Waals surface area contributed by atoms with E-state index >= 15 is 0 Å². The molecule has 2 fully saturated rings. The van der Waals surface area contributed by atoms with Crippen LogP contribution in [0.15, 0.2) is 23.6 Å². The minimum absolute atomic E-state index is 0.0172. The summed E-state index contributed by atoms with van der Waals surface area (Å²) >= 11 is 1.35. The Morgan fingerprint density at radius 1 is 1.21 bits per heavy atom. The van der Waals surface area contributed by atoms with E-state index in [1.165, 1.54) is 11.3 Å². The molecule has 1 saturated carbocycles. The Kier molecular flexibility index (Phi) is 7.79. The molecule has 178 valence electrons. The van der Waals surface area contributed by atoms with Gasteiger partial charge in [0.05, 0.1) is 45.6 Å². The molecule has 0 bridgehead atoms. The van der Waals surface area contributed by atoms with E-state index in [1.54, 1.807) is 14.2 Å². The lowest BCUT2D eigenvalue weighted by Gasteiger charge is -2.35. The molecule has 1 aliphatic carbocycles. The fraction of sp³-hybridized carbons (Fsp3) is 0.522. The molecule has 1 aromatic heterocycles. The van der Waals surface area contributed by atoms with Gasteiger partial charge < -0.3 is 24.8 Å². The average molecular weight is 475 g/mol. The van der Waals surface area contributed by atoms with Gasteiger partial charge in [-0.1, -0.05) is 6.07 Å². The van der Waals surface area contributed by atoms with Crippen molar-refractivity contribution in [2.45, 2.75) is 25.3 Å². The summed E-state index contributed by atoms with van der Waals surface area (Å²) in [6.07, 6.45) is 2.05. The fourth-order valence-electron chi connectivity index (χ4n) is 3.84. The Bertz CT molecular complexity index is 972. The second kappa shape index (κ2) is 11.0. The Morgan fingerprint density at radius 3 is 2.67 bits per heavy atom. The van der Waals surface area contributed by atoms with E-state index in [0.29, 0.717) is 42.1 Å². The summed E-state index contributed by atoms with van der Waals surface area (Å²) in [7, 11) is 3.22. The molecule has 2 heterocycles. The summed E-state index contributed by atoms with van der Waals surface area (Å²) in [5, 5.41) is 8.25. The first-order valence-corrected chi connectivity index (χ1v) is 12.0. The van der Waals surface area contributed by atoms with Crippen molar-refractivity contribution in [2.75, 3.05) is 52.4 Å². The third-order valence-corrected chi connectivity index (χ3v) is 6.65. The molecule has 2 amide bonds. The van der Waals surface area contributed by atoms with Crippen LogP contribution in [0.2, 0.25) is 0 Å². The maximum atomic E-state index is 12.7. The first-order chi connectivity index (χ1) is 16.1. The lowest BCUT2D eigenvalue weighted by molar-refractivity contribution is -0.121. The number of aromatic nitrogens is 1. The van der Waals surface area contributed by atoms with Crippen LogP contribution in [0.5, 0.6) is 11.5 Å². The third kappa shape index (κ3) is 6.21. The standard InChI is InChI=1S/C23H30N4O5S/c1-30-19-6-5-16(11-20(19)31-2)18(27-7-9-32-10-8-27)13-24-21(28)12-17-14-33-23(25-17)26-22(29)15-3-4-15/h5-6,11,14-15,18H,3-4,7-10,12-13H2,1-2H3,(H,24,28)(H,25,26,29)/t18-/m1/s1. The molecule has 9 nitrogen and oxygen atoms in total. The maximum Gasteiger partial charge on any atom is 0.229 e. The number of hydrogen-bond acceptors (Lipinski definition) is 8. The van der Waals surface area contributed by atoms with Crippen molar-refractivity contribution < 1.29 is 23.8 Å². The topological polar surface area (TPSA) is 102 Å². The number of thiazole rings is 1. The molecular weight excluding hydrogens is 444 g/mol. The molecule has 0 unspecified atom stereocenters. The van der Waals surface area contributed by atoms with Gasteiger partial charge in [-0.2, -0.15) is 0 Å². The van der Waals surface area contributed by atoms with Crippen LogP contribution < -0.4 is 20.1 Å². The number of nitrogens with zero attached hydrogens (tertiary/aromatic N) is 2. The van der Waals surface area contributed by atoms with Gasteiger partial charge in [0.1, 0.15) is 0 Å². The molecule has 4 rings (SSSR count). The first-order valence-electron chi connectivity index (χ1n) is 11.1. The number of anilines is 1. The highest BCUT2D eigenvalue weighted by atomic mass is 32.1. The zero-order valence-electron chi connectivity index (χ0n) is 19.0. The summed E-state index contributed by atoms with van der Waals surface area (Å²) in [4.78, 5) is 31.3. The van der Waals surface area contributed by atoms with Gasteiger partial charge in [0.2, 0.25) is 11.8 Å². The molecule has 1 aromatic carbocycles. The van der Waals surface area contributed by atoms with E-state index in [2.05, 4.69) is 20.5 Å². The SMILES string of the molecule is COc1ccc([C@@H](CNC(=O)Cc2csc(NC(=O)C3CC3)n2)N2CCOCC2)cc1OC.